The van der Waals surface area contributed by atoms with Crippen molar-refractivity contribution < 1.29 is 24.9 Å². The molecular weight excluding hydrogens is 548 g/mol. The zero-order valence-electron chi connectivity index (χ0n) is 26.9. The van der Waals surface area contributed by atoms with E-state index in [4.69, 9.17) is 20.1 Å². The van der Waals surface area contributed by atoms with Gasteiger partial charge < -0.3 is 20.1 Å². The second-order valence-corrected chi connectivity index (χ2v) is 14.7. The summed E-state index contributed by atoms with van der Waals surface area (Å²) in [5.74, 6) is 6.16. The molecule has 5 nitrogen and oxygen atoms in total. The molecule has 44 heavy (non-hydrogen) atoms. The third-order valence-electron chi connectivity index (χ3n) is 11.7. The Morgan fingerprint density at radius 1 is 0.886 bits per heavy atom. The van der Waals surface area contributed by atoms with Gasteiger partial charge in [-0.2, -0.15) is 0 Å². The SMILES string of the molecule is CC#C[C@@H](CC(=O)O)c1ccc(OCC2=CC3(CCC3)CC2)cc1.OCC1=CC2(CCC2)CC1.OCC1CCC2(CCC2)C1. The van der Waals surface area contributed by atoms with Crippen LogP contribution in [0.1, 0.15) is 128 Å². The summed E-state index contributed by atoms with van der Waals surface area (Å²) in [6.07, 6.45) is 26.2. The number of allylic oxidation sites excluding steroid dienone is 2. The second-order valence-electron chi connectivity index (χ2n) is 14.7. The zero-order chi connectivity index (χ0) is 31.0. The van der Waals surface area contributed by atoms with Gasteiger partial charge in [0.2, 0.25) is 0 Å². The number of hydrogen-bond acceptors (Lipinski definition) is 4. The van der Waals surface area contributed by atoms with Crippen molar-refractivity contribution in [1.82, 2.24) is 0 Å². The third-order valence-corrected chi connectivity index (χ3v) is 11.7. The molecule has 4 fully saturated rings. The van der Waals surface area contributed by atoms with Gasteiger partial charge in [0, 0.05) is 6.61 Å². The Kier molecular flexibility index (Phi) is 11.0. The third kappa shape index (κ3) is 8.18. The summed E-state index contributed by atoms with van der Waals surface area (Å²) < 4.78 is 5.91. The summed E-state index contributed by atoms with van der Waals surface area (Å²) in [7, 11) is 0. The zero-order valence-corrected chi connectivity index (χ0v) is 26.9. The minimum atomic E-state index is -0.832. The Bertz CT molecular complexity index is 1230. The van der Waals surface area contributed by atoms with E-state index in [1.165, 1.54) is 101 Å². The Morgan fingerprint density at radius 2 is 1.50 bits per heavy atom. The Balaban J connectivity index is 0.000000156. The Labute approximate surface area is 265 Å². The molecule has 6 aliphatic carbocycles. The van der Waals surface area contributed by atoms with Crippen LogP contribution in [0.2, 0.25) is 0 Å². The van der Waals surface area contributed by atoms with Gasteiger partial charge in [0.05, 0.1) is 18.9 Å². The molecule has 0 aliphatic heterocycles. The van der Waals surface area contributed by atoms with Crippen LogP contribution in [0.5, 0.6) is 5.75 Å². The molecule has 4 saturated carbocycles. The molecule has 3 N–H and O–H groups in total. The van der Waals surface area contributed by atoms with Crippen molar-refractivity contribution in [3.8, 4) is 17.6 Å². The molecule has 0 aromatic heterocycles. The van der Waals surface area contributed by atoms with Crippen LogP contribution in [-0.4, -0.2) is 41.1 Å². The summed E-state index contributed by atoms with van der Waals surface area (Å²) in [6.45, 7) is 3.12. The first-order chi connectivity index (χ1) is 21.3. The highest BCUT2D eigenvalue weighted by molar-refractivity contribution is 5.69. The van der Waals surface area contributed by atoms with Crippen LogP contribution in [0.3, 0.4) is 0 Å². The molecule has 1 aromatic carbocycles. The lowest BCUT2D eigenvalue weighted by Gasteiger charge is -2.38. The highest BCUT2D eigenvalue weighted by Gasteiger charge is 2.43. The van der Waals surface area contributed by atoms with Crippen LogP contribution in [-0.2, 0) is 4.79 Å². The van der Waals surface area contributed by atoms with E-state index in [0.29, 0.717) is 36.6 Å². The van der Waals surface area contributed by atoms with Gasteiger partial charge in [-0.15, -0.1) is 5.92 Å². The second kappa shape index (κ2) is 14.7. The molecule has 1 aromatic rings. The number of hydrogen-bond donors (Lipinski definition) is 3. The van der Waals surface area contributed by atoms with Gasteiger partial charge in [-0.25, -0.2) is 0 Å². The Morgan fingerprint density at radius 3 is 1.91 bits per heavy atom. The lowest BCUT2D eigenvalue weighted by Crippen LogP contribution is -2.26. The van der Waals surface area contributed by atoms with E-state index in [1.807, 2.05) is 24.3 Å². The number of rotatable bonds is 8. The fourth-order valence-electron chi connectivity index (χ4n) is 8.45. The number of aliphatic carboxylic acids is 1. The molecule has 2 atom stereocenters. The van der Waals surface area contributed by atoms with E-state index in [2.05, 4.69) is 24.0 Å². The van der Waals surface area contributed by atoms with E-state index in [0.717, 1.165) is 29.6 Å². The van der Waals surface area contributed by atoms with Crippen LogP contribution in [0.15, 0.2) is 47.6 Å². The topological polar surface area (TPSA) is 87.0 Å². The fourth-order valence-corrected chi connectivity index (χ4v) is 8.45. The summed E-state index contributed by atoms with van der Waals surface area (Å²) in [6, 6.07) is 7.67. The summed E-state index contributed by atoms with van der Waals surface area (Å²) >= 11 is 0. The van der Waals surface area contributed by atoms with E-state index < -0.39 is 5.97 Å². The number of carboxylic acids is 1. The fraction of sp³-hybridized carbons (Fsp3) is 0.667. The van der Waals surface area contributed by atoms with Crippen molar-refractivity contribution in [3.63, 3.8) is 0 Å². The minimum Gasteiger partial charge on any atom is -0.489 e. The number of benzene rings is 1. The molecule has 0 bridgehead atoms. The van der Waals surface area contributed by atoms with Gasteiger partial charge in [0.15, 0.2) is 0 Å². The van der Waals surface area contributed by atoms with Crippen molar-refractivity contribution >= 4 is 5.97 Å². The van der Waals surface area contributed by atoms with E-state index in [9.17, 15) is 4.79 Å². The molecule has 5 heteroatoms. The first-order valence-electron chi connectivity index (χ1n) is 17.3. The van der Waals surface area contributed by atoms with Crippen molar-refractivity contribution in [2.45, 2.75) is 122 Å². The van der Waals surface area contributed by atoms with Gasteiger partial charge in [-0.3, -0.25) is 4.79 Å². The normalized spacial score (nSPS) is 25.0. The smallest absolute Gasteiger partial charge is 0.304 e. The van der Waals surface area contributed by atoms with Crippen LogP contribution in [0.4, 0.5) is 0 Å². The highest BCUT2D eigenvalue weighted by atomic mass is 16.5. The summed E-state index contributed by atoms with van der Waals surface area (Å²) in [5, 5.41) is 26.8. The minimum absolute atomic E-state index is 0.0238. The van der Waals surface area contributed by atoms with E-state index in [1.54, 1.807) is 6.92 Å². The molecule has 240 valence electrons. The molecule has 0 heterocycles. The van der Waals surface area contributed by atoms with Gasteiger partial charge in [0.25, 0.3) is 0 Å². The van der Waals surface area contributed by atoms with Crippen LogP contribution in [0.25, 0.3) is 0 Å². The summed E-state index contributed by atoms with van der Waals surface area (Å²) in [5.41, 5.74) is 5.42. The lowest BCUT2D eigenvalue weighted by molar-refractivity contribution is -0.137. The molecule has 6 aliphatic rings. The maximum atomic E-state index is 11.0. The molecule has 7 rings (SSSR count). The van der Waals surface area contributed by atoms with Gasteiger partial charge in [0.1, 0.15) is 12.4 Å². The monoisotopic (exact) mass is 602 g/mol. The van der Waals surface area contributed by atoms with Gasteiger partial charge in [-0.1, -0.05) is 49.5 Å². The number of carboxylic acid groups (broad SMARTS) is 1. The first-order valence-corrected chi connectivity index (χ1v) is 17.3. The van der Waals surface area contributed by atoms with Crippen LogP contribution in [0, 0.1) is 34.0 Å². The first kappa shape index (κ1) is 32.8. The molecule has 0 saturated heterocycles. The van der Waals surface area contributed by atoms with Crippen molar-refractivity contribution in [3.05, 3.63) is 53.1 Å². The highest BCUT2D eigenvalue weighted by Crippen LogP contribution is 2.55. The number of aliphatic hydroxyl groups excluding tert-OH is 2. The lowest BCUT2D eigenvalue weighted by atomic mass is 9.67. The predicted octanol–water partition coefficient (Wildman–Crippen LogP) is 8.36. The summed E-state index contributed by atoms with van der Waals surface area (Å²) in [4.78, 5) is 11.0. The van der Waals surface area contributed by atoms with Crippen molar-refractivity contribution in [1.29, 1.82) is 0 Å². The van der Waals surface area contributed by atoms with E-state index in [-0.39, 0.29) is 12.3 Å². The molecular formula is C39H54O5. The van der Waals surface area contributed by atoms with Gasteiger partial charge in [-0.05, 0) is 141 Å². The number of aliphatic hydroxyl groups is 2. The van der Waals surface area contributed by atoms with Crippen molar-refractivity contribution in [2.75, 3.05) is 19.8 Å². The molecule has 3 spiro atoms. The number of carbonyl (C=O) groups is 1. The quantitative estimate of drug-likeness (QED) is 0.206. The average Bonchev–Trinajstić information content (AvgIpc) is 3.73. The Hall–Kier alpha value is -2.55. The maximum Gasteiger partial charge on any atom is 0.304 e. The predicted molar refractivity (Wildman–Crippen MR) is 175 cm³/mol. The van der Waals surface area contributed by atoms with Crippen LogP contribution < -0.4 is 4.74 Å². The average molecular weight is 603 g/mol. The van der Waals surface area contributed by atoms with Crippen molar-refractivity contribution in [2.24, 2.45) is 22.2 Å². The number of ether oxygens (including phenoxy) is 1. The molecule has 0 radical (unpaired) electrons. The molecule has 0 amide bonds. The standard InChI is InChI=1S/C21H24O3.C9H16O.C9H14O/c1-2-4-18(13-20(22)23)17-5-7-19(8-6-17)24-15-16-9-12-21(14-16)10-3-11-21;2*10-7-8-2-5-9(6-8)3-1-4-9/h5-8,14,18H,3,9-13,15H2,1H3,(H,22,23);8,10H,1-7H2;6,10H,1-5,7H2/t18-;;/m0../s1. The van der Waals surface area contributed by atoms with E-state index >= 15 is 0 Å². The van der Waals surface area contributed by atoms with Gasteiger partial charge >= 0.3 is 5.97 Å². The maximum absolute atomic E-state index is 11.0. The van der Waals surface area contributed by atoms with Crippen LogP contribution >= 0.6 is 0 Å². The molecule has 1 unspecified atom stereocenters. The largest absolute Gasteiger partial charge is 0.489 e.